The number of rotatable bonds is 7. The molecule has 2 heteroatoms. The molecule has 8 rings (SSSR count). The summed E-state index contributed by atoms with van der Waals surface area (Å²) in [6.45, 7) is 4.43. The highest BCUT2D eigenvalue weighted by atomic mass is 14.7. The van der Waals surface area contributed by atoms with Crippen molar-refractivity contribution in [3.05, 3.63) is 193 Å². The summed E-state index contributed by atoms with van der Waals surface area (Å²) < 4.78 is 0. The average Bonchev–Trinajstić information content (AvgIpc) is 3.19. The molecule has 0 aliphatic carbocycles. The molecule has 0 radical (unpaired) electrons. The third-order valence-corrected chi connectivity index (χ3v) is 9.34. The van der Waals surface area contributed by atoms with Crippen molar-refractivity contribution in [2.45, 2.75) is 13.8 Å². The highest BCUT2D eigenvalue weighted by molar-refractivity contribution is 5.82. The molecule has 0 spiro atoms. The third-order valence-electron chi connectivity index (χ3n) is 9.34. The number of hydrogen-bond acceptors (Lipinski definition) is 2. The van der Waals surface area contributed by atoms with Gasteiger partial charge in [0.2, 0.25) is 0 Å². The largest absolute Gasteiger partial charge is 0.248 e. The molecule has 0 aliphatic rings. The maximum atomic E-state index is 5.07. The average molecular weight is 641 g/mol. The zero-order chi connectivity index (χ0) is 33.9. The third kappa shape index (κ3) is 6.40. The molecule has 0 atom stereocenters. The van der Waals surface area contributed by atoms with Gasteiger partial charge >= 0.3 is 0 Å². The summed E-state index contributed by atoms with van der Waals surface area (Å²) in [6, 6.07) is 64.2. The highest BCUT2D eigenvalue weighted by Gasteiger charge is 2.14. The van der Waals surface area contributed by atoms with Crippen molar-refractivity contribution in [3.63, 3.8) is 0 Å². The van der Waals surface area contributed by atoms with Crippen molar-refractivity contribution < 1.29 is 0 Å². The molecule has 2 heterocycles. The number of nitrogens with zero attached hydrogens (tertiary/aromatic N) is 2. The summed E-state index contributed by atoms with van der Waals surface area (Å²) in [7, 11) is 0. The lowest BCUT2D eigenvalue weighted by molar-refractivity contribution is 1.32. The molecule has 8 aromatic rings. The Morgan fingerprint density at radius 2 is 0.540 bits per heavy atom. The number of hydrogen-bond donors (Lipinski definition) is 0. The fourth-order valence-electron chi connectivity index (χ4n) is 6.71. The summed E-state index contributed by atoms with van der Waals surface area (Å²) in [4.78, 5) is 10.1. The molecule has 50 heavy (non-hydrogen) atoms. The monoisotopic (exact) mass is 640 g/mol. The second kappa shape index (κ2) is 13.6. The van der Waals surface area contributed by atoms with Crippen LogP contribution in [0.25, 0.3) is 78.4 Å². The normalized spacial score (nSPS) is 11.0. The zero-order valence-corrected chi connectivity index (χ0v) is 28.2. The van der Waals surface area contributed by atoms with Crippen LogP contribution in [0.5, 0.6) is 0 Å². The van der Waals surface area contributed by atoms with E-state index in [2.05, 4.69) is 172 Å². The van der Waals surface area contributed by atoms with Crippen molar-refractivity contribution in [1.82, 2.24) is 9.97 Å². The van der Waals surface area contributed by atoms with Crippen molar-refractivity contribution in [1.29, 1.82) is 0 Å². The van der Waals surface area contributed by atoms with Crippen LogP contribution < -0.4 is 0 Å². The molecule has 2 nitrogen and oxygen atoms in total. The van der Waals surface area contributed by atoms with Crippen LogP contribution in [-0.2, 0) is 0 Å². The van der Waals surface area contributed by atoms with Crippen LogP contribution in [0.2, 0.25) is 0 Å². The fourth-order valence-corrected chi connectivity index (χ4v) is 6.71. The van der Waals surface area contributed by atoms with E-state index in [0.29, 0.717) is 0 Å². The molecule has 0 saturated carbocycles. The van der Waals surface area contributed by atoms with Crippen LogP contribution in [0.1, 0.15) is 11.1 Å². The van der Waals surface area contributed by atoms with E-state index in [9.17, 15) is 0 Å². The molecule has 2 aromatic heterocycles. The van der Waals surface area contributed by atoms with Gasteiger partial charge in [-0.3, -0.25) is 0 Å². The Morgan fingerprint density at radius 1 is 0.260 bits per heavy atom. The van der Waals surface area contributed by atoms with Gasteiger partial charge < -0.3 is 0 Å². The first-order valence-corrected chi connectivity index (χ1v) is 17.1. The predicted octanol–water partition coefficient (Wildman–Crippen LogP) is 12.8. The second-order valence-corrected chi connectivity index (χ2v) is 12.8. The number of pyridine rings is 2. The van der Waals surface area contributed by atoms with Gasteiger partial charge in [-0.2, -0.15) is 0 Å². The Morgan fingerprint density at radius 3 is 0.800 bits per heavy atom. The predicted molar refractivity (Wildman–Crippen MR) is 210 cm³/mol. The Balaban J connectivity index is 1.16. The summed E-state index contributed by atoms with van der Waals surface area (Å²) in [5, 5.41) is 0. The van der Waals surface area contributed by atoms with Crippen LogP contribution in [0, 0.1) is 13.8 Å². The van der Waals surface area contributed by atoms with Gasteiger partial charge in [-0.25, -0.2) is 9.97 Å². The molecule has 0 amide bonds. The van der Waals surface area contributed by atoms with E-state index in [4.69, 9.17) is 9.97 Å². The fraction of sp³-hybridized carbons (Fsp3) is 0.0417. The second-order valence-electron chi connectivity index (χ2n) is 12.8. The number of aromatic nitrogens is 2. The van der Waals surface area contributed by atoms with Gasteiger partial charge in [-0.05, 0) is 82.6 Å². The summed E-state index contributed by atoms with van der Waals surface area (Å²) in [6.07, 6.45) is 0. The molecule has 0 aliphatic heterocycles. The Hall–Kier alpha value is -6.38. The topological polar surface area (TPSA) is 25.8 Å². The maximum absolute atomic E-state index is 5.07. The van der Waals surface area contributed by atoms with E-state index < -0.39 is 0 Å². The molecule has 0 N–H and O–H groups in total. The van der Waals surface area contributed by atoms with Crippen molar-refractivity contribution in [2.24, 2.45) is 0 Å². The minimum Gasteiger partial charge on any atom is -0.248 e. The molecule has 0 fully saturated rings. The molecule has 0 bridgehead atoms. The van der Waals surface area contributed by atoms with Crippen LogP contribution in [0.15, 0.2) is 182 Å². The molecular weight excluding hydrogens is 605 g/mol. The van der Waals surface area contributed by atoms with E-state index in [1.165, 1.54) is 33.4 Å². The zero-order valence-electron chi connectivity index (χ0n) is 28.2. The first kappa shape index (κ1) is 30.9. The van der Waals surface area contributed by atoms with Gasteiger partial charge in [0.25, 0.3) is 0 Å². The van der Waals surface area contributed by atoms with E-state index in [-0.39, 0.29) is 0 Å². The van der Waals surface area contributed by atoms with Gasteiger partial charge in [-0.1, -0.05) is 158 Å². The van der Waals surface area contributed by atoms with Crippen LogP contribution in [0.3, 0.4) is 0 Å². The van der Waals surface area contributed by atoms with Gasteiger partial charge in [0.1, 0.15) is 0 Å². The molecule has 0 saturated heterocycles. The van der Waals surface area contributed by atoms with Gasteiger partial charge in [0, 0.05) is 22.3 Å². The first-order chi connectivity index (χ1) is 24.6. The van der Waals surface area contributed by atoms with Crippen molar-refractivity contribution in [2.75, 3.05) is 0 Å². The van der Waals surface area contributed by atoms with E-state index >= 15 is 0 Å². The van der Waals surface area contributed by atoms with Crippen LogP contribution in [-0.4, -0.2) is 9.97 Å². The Kier molecular flexibility index (Phi) is 8.42. The lowest BCUT2D eigenvalue weighted by Gasteiger charge is -2.15. The lowest BCUT2D eigenvalue weighted by atomic mass is 9.90. The number of benzene rings is 6. The molecule has 6 aromatic carbocycles. The van der Waals surface area contributed by atoms with E-state index in [0.717, 1.165) is 56.2 Å². The standard InChI is InChI=1S/C48H36N2/c1-33-27-39(41-29-45(35-15-7-3-8-16-35)49-46(30-41)36-17-9-4-10-18-36)23-25-43(33)44-26-24-40(28-34(44)2)42-31-47(37-19-11-5-12-20-37)50-48(32-42)38-21-13-6-14-22-38/h3-32H,1-2H3. The van der Waals surface area contributed by atoms with Gasteiger partial charge in [-0.15, -0.1) is 0 Å². The summed E-state index contributed by atoms with van der Waals surface area (Å²) in [5.41, 5.74) is 17.9. The van der Waals surface area contributed by atoms with Gasteiger partial charge in [0.15, 0.2) is 0 Å². The molecular formula is C48H36N2. The quantitative estimate of drug-likeness (QED) is 0.173. The summed E-state index contributed by atoms with van der Waals surface area (Å²) >= 11 is 0. The Bertz CT molecular complexity index is 2130. The smallest absolute Gasteiger partial charge is 0.0715 e. The van der Waals surface area contributed by atoms with Crippen LogP contribution >= 0.6 is 0 Å². The first-order valence-electron chi connectivity index (χ1n) is 17.1. The van der Waals surface area contributed by atoms with E-state index in [1.54, 1.807) is 0 Å². The van der Waals surface area contributed by atoms with E-state index in [1.807, 2.05) is 24.3 Å². The SMILES string of the molecule is Cc1cc(-c2cc(-c3ccccc3)nc(-c3ccccc3)c2)ccc1-c1ccc(-c2cc(-c3ccccc3)nc(-c3ccccc3)c2)cc1C. The maximum Gasteiger partial charge on any atom is 0.0715 e. The molecule has 238 valence electrons. The minimum atomic E-state index is 0.970. The van der Waals surface area contributed by atoms with Crippen molar-refractivity contribution in [3.8, 4) is 78.4 Å². The Labute approximate surface area is 294 Å². The minimum absolute atomic E-state index is 0.970. The molecule has 0 unspecified atom stereocenters. The van der Waals surface area contributed by atoms with Gasteiger partial charge in [0.05, 0.1) is 22.8 Å². The highest BCUT2D eigenvalue weighted by Crippen LogP contribution is 2.36. The van der Waals surface area contributed by atoms with Crippen molar-refractivity contribution >= 4 is 0 Å². The summed E-state index contributed by atoms with van der Waals surface area (Å²) in [5.74, 6) is 0. The lowest BCUT2D eigenvalue weighted by Crippen LogP contribution is -1.93. The number of aryl methyl sites for hydroxylation is 2. The van der Waals surface area contributed by atoms with Crippen LogP contribution in [0.4, 0.5) is 0 Å².